The first-order chi connectivity index (χ1) is 5.65. The fourth-order valence-electron chi connectivity index (χ4n) is 1.12. The van der Waals surface area contributed by atoms with Crippen LogP contribution in [-0.4, -0.2) is 0 Å². The fraction of sp³-hybridized carbons (Fsp3) is 0.400. The highest BCUT2D eigenvalue weighted by Gasteiger charge is 2.09. The third-order valence-electron chi connectivity index (χ3n) is 1.90. The minimum atomic E-state index is -1.23. The molecule has 0 spiro atoms. The van der Waals surface area contributed by atoms with Gasteiger partial charge in [0.15, 0.2) is 0 Å². The molecule has 0 nitrogen and oxygen atoms in total. The minimum Gasteiger partial charge on any atom is -0.242 e. The molecule has 0 saturated carbocycles. The molecule has 0 heterocycles. The molecule has 0 saturated heterocycles. The minimum absolute atomic E-state index is 0.161. The van der Waals surface area contributed by atoms with Crippen molar-refractivity contribution in [2.45, 2.75) is 26.4 Å². The second-order valence-corrected chi connectivity index (χ2v) is 2.83. The molecule has 0 aliphatic heterocycles. The smallest absolute Gasteiger partial charge is 0.129 e. The summed E-state index contributed by atoms with van der Waals surface area (Å²) < 4.78 is 25.7. The van der Waals surface area contributed by atoms with Gasteiger partial charge in [-0.1, -0.05) is 13.0 Å². The van der Waals surface area contributed by atoms with Gasteiger partial charge < -0.3 is 0 Å². The van der Waals surface area contributed by atoms with Crippen LogP contribution in [0.25, 0.3) is 0 Å². The van der Waals surface area contributed by atoms with Crippen LogP contribution in [0.5, 0.6) is 0 Å². The van der Waals surface area contributed by atoms with Crippen molar-refractivity contribution >= 4 is 0 Å². The number of aryl methyl sites for hydroxylation is 1. The molecular weight excluding hydrogens is 158 g/mol. The first kappa shape index (κ1) is 9.17. The van der Waals surface area contributed by atoms with Crippen LogP contribution in [0, 0.1) is 5.82 Å². The van der Waals surface area contributed by atoms with Crippen LogP contribution < -0.4 is 0 Å². The number of halogens is 2. The number of rotatable bonds is 2. The van der Waals surface area contributed by atoms with E-state index in [2.05, 4.69) is 0 Å². The largest absolute Gasteiger partial charge is 0.242 e. The van der Waals surface area contributed by atoms with Crippen LogP contribution in [-0.2, 0) is 6.42 Å². The summed E-state index contributed by atoms with van der Waals surface area (Å²) in [7, 11) is 0. The van der Waals surface area contributed by atoms with Crippen molar-refractivity contribution in [3.05, 3.63) is 35.1 Å². The van der Waals surface area contributed by atoms with E-state index >= 15 is 0 Å². The molecule has 66 valence electrons. The maximum atomic E-state index is 12.9. The van der Waals surface area contributed by atoms with Crippen molar-refractivity contribution in [2.24, 2.45) is 0 Å². The summed E-state index contributed by atoms with van der Waals surface area (Å²) >= 11 is 0. The number of alkyl halides is 1. The zero-order chi connectivity index (χ0) is 9.14. The van der Waals surface area contributed by atoms with Crippen LogP contribution in [0.3, 0.4) is 0 Å². The average molecular weight is 170 g/mol. The van der Waals surface area contributed by atoms with E-state index in [4.69, 9.17) is 0 Å². The number of hydrogen-bond donors (Lipinski definition) is 0. The highest BCUT2D eigenvalue weighted by atomic mass is 19.1. The van der Waals surface area contributed by atoms with Gasteiger partial charge in [0.25, 0.3) is 0 Å². The topological polar surface area (TPSA) is 0 Å². The first-order valence-corrected chi connectivity index (χ1v) is 4.07. The maximum absolute atomic E-state index is 12.9. The lowest BCUT2D eigenvalue weighted by Crippen LogP contribution is -1.93. The van der Waals surface area contributed by atoms with Gasteiger partial charge in [0.05, 0.1) is 0 Å². The summed E-state index contributed by atoms with van der Waals surface area (Å²) in [5, 5.41) is 0. The normalized spacial score (nSPS) is 13.0. The Labute approximate surface area is 71.2 Å². The average Bonchev–Trinajstić information content (AvgIpc) is 2.05. The van der Waals surface area contributed by atoms with Crippen molar-refractivity contribution in [1.29, 1.82) is 0 Å². The Kier molecular flexibility index (Phi) is 2.79. The van der Waals surface area contributed by atoms with E-state index in [1.165, 1.54) is 13.0 Å². The fourth-order valence-corrected chi connectivity index (χ4v) is 1.12. The van der Waals surface area contributed by atoms with Gasteiger partial charge in [0.1, 0.15) is 12.0 Å². The van der Waals surface area contributed by atoms with Gasteiger partial charge >= 0.3 is 0 Å². The summed E-state index contributed by atoms with van der Waals surface area (Å²) in [6.07, 6.45) is -0.420. The van der Waals surface area contributed by atoms with Crippen LogP contribution in [0.1, 0.15) is 31.1 Å². The Morgan fingerprint density at radius 3 is 2.58 bits per heavy atom. The molecule has 1 rings (SSSR count). The predicted molar refractivity (Wildman–Crippen MR) is 45.3 cm³/mol. The standard InChI is InChI=1S/C10H12F2/c1-3-8-4-5-10(12)9(6-8)7(2)11/h4-7H,3H2,1-2H3. The van der Waals surface area contributed by atoms with E-state index in [1.807, 2.05) is 6.92 Å². The molecule has 0 aliphatic rings. The lowest BCUT2D eigenvalue weighted by atomic mass is 10.1. The Balaban J connectivity index is 3.08. The van der Waals surface area contributed by atoms with Gasteiger partial charge in [-0.3, -0.25) is 0 Å². The molecule has 0 N–H and O–H groups in total. The van der Waals surface area contributed by atoms with Crippen molar-refractivity contribution < 1.29 is 8.78 Å². The van der Waals surface area contributed by atoms with Gasteiger partial charge in [-0.15, -0.1) is 0 Å². The first-order valence-electron chi connectivity index (χ1n) is 4.07. The SMILES string of the molecule is CCc1ccc(F)c(C(C)F)c1. The van der Waals surface area contributed by atoms with E-state index in [0.29, 0.717) is 0 Å². The highest BCUT2D eigenvalue weighted by molar-refractivity contribution is 5.26. The van der Waals surface area contributed by atoms with Gasteiger partial charge in [-0.2, -0.15) is 0 Å². The third-order valence-corrected chi connectivity index (χ3v) is 1.90. The summed E-state index contributed by atoms with van der Waals surface area (Å²) in [5.74, 6) is -0.456. The zero-order valence-electron chi connectivity index (χ0n) is 7.27. The van der Waals surface area contributed by atoms with Crippen LogP contribution in [0.4, 0.5) is 8.78 Å². The maximum Gasteiger partial charge on any atom is 0.129 e. The Morgan fingerprint density at radius 1 is 1.42 bits per heavy atom. The molecule has 0 aromatic heterocycles. The quantitative estimate of drug-likeness (QED) is 0.638. The summed E-state index contributed by atoms with van der Waals surface area (Å²) in [5.41, 5.74) is 1.13. The number of hydrogen-bond acceptors (Lipinski definition) is 0. The zero-order valence-corrected chi connectivity index (χ0v) is 7.27. The monoisotopic (exact) mass is 170 g/mol. The van der Waals surface area contributed by atoms with E-state index in [1.54, 1.807) is 12.1 Å². The van der Waals surface area contributed by atoms with Gasteiger partial charge in [-0.25, -0.2) is 8.78 Å². The van der Waals surface area contributed by atoms with E-state index in [-0.39, 0.29) is 5.56 Å². The molecule has 1 atom stereocenters. The highest BCUT2D eigenvalue weighted by Crippen LogP contribution is 2.21. The van der Waals surface area contributed by atoms with Gasteiger partial charge in [-0.05, 0) is 31.0 Å². The number of benzene rings is 1. The molecule has 1 unspecified atom stereocenters. The summed E-state index contributed by atoms with van der Waals surface area (Å²) in [4.78, 5) is 0. The van der Waals surface area contributed by atoms with Crippen LogP contribution >= 0.6 is 0 Å². The van der Waals surface area contributed by atoms with E-state index in [0.717, 1.165) is 12.0 Å². The van der Waals surface area contributed by atoms with Crippen LogP contribution in [0.2, 0.25) is 0 Å². The van der Waals surface area contributed by atoms with Gasteiger partial charge in [0, 0.05) is 5.56 Å². The van der Waals surface area contributed by atoms with E-state index in [9.17, 15) is 8.78 Å². The molecule has 1 aromatic carbocycles. The second-order valence-electron chi connectivity index (χ2n) is 2.83. The lowest BCUT2D eigenvalue weighted by Gasteiger charge is -2.05. The molecule has 0 amide bonds. The molecule has 0 fully saturated rings. The van der Waals surface area contributed by atoms with E-state index < -0.39 is 12.0 Å². The molecule has 0 radical (unpaired) electrons. The van der Waals surface area contributed by atoms with Crippen molar-refractivity contribution in [3.8, 4) is 0 Å². The van der Waals surface area contributed by atoms with Crippen molar-refractivity contribution in [2.75, 3.05) is 0 Å². The molecule has 0 bridgehead atoms. The van der Waals surface area contributed by atoms with Crippen molar-refractivity contribution in [1.82, 2.24) is 0 Å². The summed E-state index contributed by atoms with van der Waals surface area (Å²) in [6, 6.07) is 4.59. The molecule has 2 heteroatoms. The molecular formula is C10H12F2. The third kappa shape index (κ3) is 1.81. The molecule has 12 heavy (non-hydrogen) atoms. The molecule has 0 aliphatic carbocycles. The summed E-state index contributed by atoms with van der Waals surface area (Å²) in [6.45, 7) is 3.30. The Bertz CT molecular complexity index is 267. The molecule has 1 aromatic rings. The second kappa shape index (κ2) is 3.65. The Hall–Kier alpha value is -0.920. The predicted octanol–water partition coefficient (Wildman–Crippen LogP) is 3.42. The van der Waals surface area contributed by atoms with Crippen LogP contribution in [0.15, 0.2) is 18.2 Å². The van der Waals surface area contributed by atoms with Crippen molar-refractivity contribution in [3.63, 3.8) is 0 Å². The lowest BCUT2D eigenvalue weighted by molar-refractivity contribution is 0.361. The Morgan fingerprint density at radius 2 is 2.08 bits per heavy atom. The van der Waals surface area contributed by atoms with Gasteiger partial charge in [0.2, 0.25) is 0 Å².